The normalized spacial score (nSPS) is 48.5. The molecule has 3 aliphatic heterocycles. The van der Waals surface area contributed by atoms with Crippen LogP contribution in [0.1, 0.15) is 38.5 Å². The van der Waals surface area contributed by atoms with Crippen molar-refractivity contribution in [3.8, 4) is 0 Å². The summed E-state index contributed by atoms with van der Waals surface area (Å²) in [4.78, 5) is 5.43. The lowest BCUT2D eigenvalue weighted by Gasteiger charge is -2.38. The third kappa shape index (κ3) is 3.08. The van der Waals surface area contributed by atoms with E-state index in [4.69, 9.17) is 9.47 Å². The van der Waals surface area contributed by atoms with E-state index in [-0.39, 0.29) is 0 Å². The third-order valence-corrected chi connectivity index (χ3v) is 6.72. The molecule has 5 fully saturated rings. The molecule has 2 aliphatic carbocycles. The van der Waals surface area contributed by atoms with E-state index in [1.54, 1.807) is 0 Å². The molecule has 6 atom stereocenters. The molecule has 0 N–H and O–H groups in total. The first-order chi connectivity index (χ1) is 10.8. The summed E-state index contributed by atoms with van der Waals surface area (Å²) in [6.45, 7) is 7.76. The SMILES string of the molecule is C1CC2OC2CC1CN1CCN(CC2CCC3OC3C2)CC1. The van der Waals surface area contributed by atoms with Gasteiger partial charge in [0.1, 0.15) is 0 Å². The topological polar surface area (TPSA) is 31.5 Å². The van der Waals surface area contributed by atoms with Crippen LogP contribution in [0.2, 0.25) is 0 Å². The van der Waals surface area contributed by atoms with Gasteiger partial charge in [-0.25, -0.2) is 0 Å². The van der Waals surface area contributed by atoms with Gasteiger partial charge in [0.05, 0.1) is 24.4 Å². The van der Waals surface area contributed by atoms with E-state index in [0.29, 0.717) is 24.4 Å². The van der Waals surface area contributed by atoms with Crippen LogP contribution >= 0.6 is 0 Å². The van der Waals surface area contributed by atoms with Crippen LogP contribution in [0, 0.1) is 11.8 Å². The van der Waals surface area contributed by atoms with E-state index in [1.165, 1.54) is 77.8 Å². The van der Waals surface area contributed by atoms with Gasteiger partial charge in [-0.1, -0.05) is 0 Å². The van der Waals surface area contributed by atoms with Gasteiger partial charge in [-0.05, 0) is 50.4 Å². The molecule has 0 radical (unpaired) electrons. The average molecular weight is 306 g/mol. The predicted octanol–water partition coefficient (Wildman–Crippen LogP) is 1.74. The zero-order valence-electron chi connectivity index (χ0n) is 13.7. The highest BCUT2D eigenvalue weighted by atomic mass is 16.6. The molecule has 3 saturated heterocycles. The van der Waals surface area contributed by atoms with Gasteiger partial charge in [0.2, 0.25) is 0 Å². The van der Waals surface area contributed by atoms with E-state index in [1.807, 2.05) is 0 Å². The zero-order valence-corrected chi connectivity index (χ0v) is 13.7. The number of hydrogen-bond acceptors (Lipinski definition) is 4. The van der Waals surface area contributed by atoms with E-state index in [9.17, 15) is 0 Å². The summed E-state index contributed by atoms with van der Waals surface area (Å²) in [7, 11) is 0. The van der Waals surface area contributed by atoms with Crippen molar-refractivity contribution >= 4 is 0 Å². The summed E-state index contributed by atoms with van der Waals surface area (Å²) in [5.41, 5.74) is 0. The molecule has 5 aliphatic rings. The lowest BCUT2D eigenvalue weighted by Crippen LogP contribution is -2.49. The smallest absolute Gasteiger partial charge is 0.0845 e. The molecule has 6 unspecified atom stereocenters. The van der Waals surface area contributed by atoms with Crippen LogP contribution in [0.4, 0.5) is 0 Å². The second kappa shape index (κ2) is 5.73. The Bertz CT molecular complexity index is 372. The fourth-order valence-electron chi connectivity index (χ4n) is 5.19. The molecule has 4 heteroatoms. The molecule has 0 bridgehead atoms. The number of hydrogen-bond donors (Lipinski definition) is 0. The van der Waals surface area contributed by atoms with Crippen LogP contribution in [0.3, 0.4) is 0 Å². The molecule has 0 aromatic carbocycles. The average Bonchev–Trinajstić information content (AvgIpc) is 3.42. The molecule has 4 nitrogen and oxygen atoms in total. The Hall–Kier alpha value is -0.160. The van der Waals surface area contributed by atoms with Gasteiger partial charge >= 0.3 is 0 Å². The van der Waals surface area contributed by atoms with Crippen LogP contribution in [0.5, 0.6) is 0 Å². The number of ether oxygens (including phenoxy) is 2. The highest BCUT2D eigenvalue weighted by Crippen LogP contribution is 2.40. The quantitative estimate of drug-likeness (QED) is 0.741. The molecule has 0 amide bonds. The summed E-state index contributed by atoms with van der Waals surface area (Å²) in [5.74, 6) is 1.80. The van der Waals surface area contributed by atoms with Gasteiger partial charge in [0.25, 0.3) is 0 Å². The lowest BCUT2D eigenvalue weighted by atomic mass is 9.88. The van der Waals surface area contributed by atoms with Crippen molar-refractivity contribution in [3.63, 3.8) is 0 Å². The van der Waals surface area contributed by atoms with Gasteiger partial charge in [-0.15, -0.1) is 0 Å². The molecule has 3 heterocycles. The molecular weight excluding hydrogens is 276 g/mol. The first-order valence-corrected chi connectivity index (χ1v) is 9.59. The van der Waals surface area contributed by atoms with Crippen molar-refractivity contribution in [1.29, 1.82) is 0 Å². The van der Waals surface area contributed by atoms with Gasteiger partial charge in [-0.3, -0.25) is 0 Å². The minimum absolute atomic E-state index is 0.639. The van der Waals surface area contributed by atoms with E-state index >= 15 is 0 Å². The minimum atomic E-state index is 0.639. The summed E-state index contributed by atoms with van der Waals surface area (Å²) in [5, 5.41) is 0. The van der Waals surface area contributed by atoms with Crippen LogP contribution < -0.4 is 0 Å². The molecule has 0 aromatic rings. The standard InChI is InChI=1S/C18H30N2O2/c1-3-15-17(21-15)9-13(1)11-19-5-7-20(8-6-19)12-14-2-4-16-18(10-14)22-16/h13-18H,1-12H2. The summed E-state index contributed by atoms with van der Waals surface area (Å²) < 4.78 is 11.3. The second-order valence-corrected chi connectivity index (χ2v) is 8.39. The second-order valence-electron chi connectivity index (χ2n) is 8.39. The van der Waals surface area contributed by atoms with Crippen LogP contribution in [0.25, 0.3) is 0 Å². The van der Waals surface area contributed by atoms with Crippen molar-refractivity contribution in [2.45, 2.75) is 62.9 Å². The molecule has 124 valence electrons. The van der Waals surface area contributed by atoms with Crippen molar-refractivity contribution < 1.29 is 9.47 Å². The summed E-state index contributed by atoms with van der Waals surface area (Å²) >= 11 is 0. The monoisotopic (exact) mass is 306 g/mol. The highest BCUT2D eigenvalue weighted by Gasteiger charge is 2.45. The highest BCUT2D eigenvalue weighted by molar-refractivity contribution is 4.94. The molecular formula is C18H30N2O2. The third-order valence-electron chi connectivity index (χ3n) is 6.72. The number of rotatable bonds is 4. The van der Waals surface area contributed by atoms with Crippen LogP contribution in [-0.2, 0) is 9.47 Å². The fourth-order valence-corrected chi connectivity index (χ4v) is 5.19. The Morgan fingerprint density at radius 3 is 1.45 bits per heavy atom. The fraction of sp³-hybridized carbons (Fsp3) is 1.00. The van der Waals surface area contributed by atoms with Gasteiger partial charge in [-0.2, -0.15) is 0 Å². The Kier molecular flexibility index (Phi) is 3.70. The zero-order chi connectivity index (χ0) is 14.5. The van der Waals surface area contributed by atoms with Crippen molar-refractivity contribution in [2.75, 3.05) is 39.3 Å². The Morgan fingerprint density at radius 1 is 0.591 bits per heavy atom. The Balaban J connectivity index is 1.04. The van der Waals surface area contributed by atoms with Crippen molar-refractivity contribution in [2.24, 2.45) is 11.8 Å². The number of nitrogens with zero attached hydrogens (tertiary/aromatic N) is 2. The van der Waals surface area contributed by atoms with E-state index < -0.39 is 0 Å². The lowest BCUT2D eigenvalue weighted by molar-refractivity contribution is 0.0953. The first-order valence-electron chi connectivity index (χ1n) is 9.59. The van der Waals surface area contributed by atoms with Crippen molar-refractivity contribution in [1.82, 2.24) is 9.80 Å². The number of epoxide rings is 2. The van der Waals surface area contributed by atoms with Gasteiger partial charge < -0.3 is 19.3 Å². The van der Waals surface area contributed by atoms with Crippen LogP contribution in [0.15, 0.2) is 0 Å². The maximum atomic E-state index is 5.67. The van der Waals surface area contributed by atoms with Gasteiger partial charge in [0.15, 0.2) is 0 Å². The summed E-state index contributed by atoms with van der Waals surface area (Å²) in [6.07, 6.45) is 10.7. The predicted molar refractivity (Wildman–Crippen MR) is 84.9 cm³/mol. The summed E-state index contributed by atoms with van der Waals surface area (Å²) in [6, 6.07) is 0. The molecule has 2 saturated carbocycles. The van der Waals surface area contributed by atoms with E-state index in [0.717, 1.165) is 11.8 Å². The number of fused-ring (bicyclic) bond motifs is 2. The molecule has 5 rings (SSSR count). The maximum absolute atomic E-state index is 5.67. The first kappa shape index (κ1) is 14.2. The number of piperazine rings is 1. The Morgan fingerprint density at radius 2 is 1.05 bits per heavy atom. The molecule has 0 spiro atoms. The Labute approximate surface area is 134 Å². The molecule has 22 heavy (non-hydrogen) atoms. The van der Waals surface area contributed by atoms with Crippen LogP contribution in [-0.4, -0.2) is 73.5 Å². The van der Waals surface area contributed by atoms with Crippen molar-refractivity contribution in [3.05, 3.63) is 0 Å². The largest absolute Gasteiger partial charge is 0.370 e. The molecule has 0 aromatic heterocycles. The minimum Gasteiger partial charge on any atom is -0.370 e. The maximum Gasteiger partial charge on any atom is 0.0845 e. The van der Waals surface area contributed by atoms with Gasteiger partial charge in [0, 0.05) is 39.3 Å². The van der Waals surface area contributed by atoms with E-state index in [2.05, 4.69) is 9.80 Å².